The maximum atomic E-state index is 13.9. The van der Waals surface area contributed by atoms with E-state index in [1.807, 2.05) is 6.92 Å². The molecule has 31 heavy (non-hydrogen) atoms. The van der Waals surface area contributed by atoms with Gasteiger partial charge in [0.05, 0.1) is 23.7 Å². The van der Waals surface area contributed by atoms with Crippen molar-refractivity contribution in [3.63, 3.8) is 0 Å². The Hall–Kier alpha value is -3.06. The SMILES string of the molecule is CCCCC1=C(C(=O)OC)C(c2ccc(OCc3c(F)cccc3Cl)cc2)NC(=O)N1. The number of rotatable bonds is 8. The number of benzene rings is 2. The Morgan fingerprint density at radius 2 is 1.94 bits per heavy atom. The van der Waals surface area contributed by atoms with E-state index < -0.39 is 17.8 Å². The fourth-order valence-electron chi connectivity index (χ4n) is 3.35. The third-order valence-corrected chi connectivity index (χ3v) is 5.35. The van der Waals surface area contributed by atoms with Gasteiger partial charge in [-0.2, -0.15) is 0 Å². The highest BCUT2D eigenvalue weighted by Crippen LogP contribution is 2.31. The number of carbonyl (C=O) groups excluding carboxylic acids is 2. The van der Waals surface area contributed by atoms with Gasteiger partial charge >= 0.3 is 12.0 Å². The molecule has 8 heteroatoms. The first-order chi connectivity index (χ1) is 14.9. The fraction of sp³-hybridized carbons (Fsp3) is 0.304. The summed E-state index contributed by atoms with van der Waals surface area (Å²) in [4.78, 5) is 24.7. The van der Waals surface area contributed by atoms with E-state index in [-0.39, 0.29) is 18.2 Å². The summed E-state index contributed by atoms with van der Waals surface area (Å²) in [6.07, 6.45) is 2.31. The van der Waals surface area contributed by atoms with Gasteiger partial charge in [-0.05, 0) is 42.7 Å². The number of hydrogen-bond acceptors (Lipinski definition) is 4. The second-order valence-corrected chi connectivity index (χ2v) is 7.48. The molecule has 2 aromatic carbocycles. The van der Waals surface area contributed by atoms with Crippen molar-refractivity contribution in [2.24, 2.45) is 0 Å². The minimum Gasteiger partial charge on any atom is -0.489 e. The van der Waals surface area contributed by atoms with E-state index in [1.54, 1.807) is 30.3 Å². The lowest BCUT2D eigenvalue weighted by Gasteiger charge is -2.29. The number of ether oxygens (including phenoxy) is 2. The van der Waals surface area contributed by atoms with E-state index >= 15 is 0 Å². The molecule has 0 spiro atoms. The predicted molar refractivity (Wildman–Crippen MR) is 115 cm³/mol. The molecule has 0 fully saturated rings. The molecule has 1 aliphatic heterocycles. The number of esters is 1. The van der Waals surface area contributed by atoms with Crippen LogP contribution in [0, 0.1) is 5.82 Å². The quantitative estimate of drug-likeness (QED) is 0.557. The Labute approximate surface area is 185 Å². The Morgan fingerprint density at radius 3 is 2.58 bits per heavy atom. The molecular formula is C23H24ClFN2O4. The summed E-state index contributed by atoms with van der Waals surface area (Å²) in [5, 5.41) is 5.81. The zero-order valence-electron chi connectivity index (χ0n) is 17.3. The fourth-order valence-corrected chi connectivity index (χ4v) is 3.57. The number of halogens is 2. The Kier molecular flexibility index (Phi) is 7.52. The smallest absolute Gasteiger partial charge is 0.337 e. The molecule has 2 amide bonds. The molecule has 1 atom stereocenters. The van der Waals surface area contributed by atoms with Crippen LogP contribution in [-0.4, -0.2) is 19.1 Å². The molecule has 3 rings (SSSR count). The van der Waals surface area contributed by atoms with Crippen LogP contribution in [0.2, 0.25) is 5.02 Å². The summed E-state index contributed by atoms with van der Waals surface area (Å²) >= 11 is 6.03. The molecule has 1 heterocycles. The van der Waals surface area contributed by atoms with Crippen LogP contribution >= 0.6 is 11.6 Å². The van der Waals surface area contributed by atoms with Gasteiger partial charge in [-0.15, -0.1) is 0 Å². The maximum Gasteiger partial charge on any atom is 0.337 e. The van der Waals surface area contributed by atoms with Crippen LogP contribution in [0.15, 0.2) is 53.7 Å². The average Bonchev–Trinajstić information content (AvgIpc) is 2.77. The number of amides is 2. The van der Waals surface area contributed by atoms with Crippen molar-refractivity contribution < 1.29 is 23.5 Å². The monoisotopic (exact) mass is 446 g/mol. The van der Waals surface area contributed by atoms with E-state index in [0.29, 0.717) is 34.0 Å². The largest absolute Gasteiger partial charge is 0.489 e. The number of nitrogens with one attached hydrogen (secondary N) is 2. The van der Waals surface area contributed by atoms with E-state index in [1.165, 1.54) is 19.2 Å². The summed E-state index contributed by atoms with van der Waals surface area (Å²) in [7, 11) is 1.31. The van der Waals surface area contributed by atoms with E-state index in [4.69, 9.17) is 21.1 Å². The van der Waals surface area contributed by atoms with Crippen molar-refractivity contribution >= 4 is 23.6 Å². The van der Waals surface area contributed by atoms with Gasteiger partial charge < -0.3 is 20.1 Å². The number of unbranched alkanes of at least 4 members (excludes halogenated alkanes) is 1. The first kappa shape index (κ1) is 22.6. The van der Waals surface area contributed by atoms with Crippen molar-refractivity contribution in [2.45, 2.75) is 38.8 Å². The van der Waals surface area contributed by atoms with Gasteiger partial charge in [0.2, 0.25) is 0 Å². The zero-order valence-corrected chi connectivity index (χ0v) is 18.1. The topological polar surface area (TPSA) is 76.7 Å². The van der Waals surface area contributed by atoms with Crippen molar-refractivity contribution in [3.05, 3.63) is 75.7 Å². The third-order valence-electron chi connectivity index (χ3n) is 5.00. The maximum absolute atomic E-state index is 13.9. The Balaban J connectivity index is 1.82. The van der Waals surface area contributed by atoms with Crippen LogP contribution in [0.5, 0.6) is 5.75 Å². The lowest BCUT2D eigenvalue weighted by Crippen LogP contribution is -2.45. The lowest BCUT2D eigenvalue weighted by atomic mass is 9.93. The number of methoxy groups -OCH3 is 1. The van der Waals surface area contributed by atoms with Gasteiger partial charge in [0.15, 0.2) is 0 Å². The van der Waals surface area contributed by atoms with Gasteiger partial charge in [-0.3, -0.25) is 0 Å². The van der Waals surface area contributed by atoms with Crippen LogP contribution in [0.4, 0.5) is 9.18 Å². The standard InChI is InChI=1S/C23H24ClFN2O4/c1-3-4-8-19-20(22(28)30-2)21(27-23(29)26-19)14-9-11-15(12-10-14)31-13-16-17(24)6-5-7-18(16)25/h5-7,9-12,21H,3-4,8,13H2,1-2H3,(H2,26,27,29). The van der Waals surface area contributed by atoms with Crippen molar-refractivity contribution in [1.29, 1.82) is 0 Å². The number of carbonyl (C=O) groups is 2. The molecule has 0 saturated carbocycles. The highest BCUT2D eigenvalue weighted by Gasteiger charge is 2.33. The molecule has 0 radical (unpaired) electrons. The summed E-state index contributed by atoms with van der Waals surface area (Å²) in [5.41, 5.74) is 1.91. The van der Waals surface area contributed by atoms with Gasteiger partial charge in [0, 0.05) is 11.3 Å². The lowest BCUT2D eigenvalue weighted by molar-refractivity contribution is -0.136. The van der Waals surface area contributed by atoms with Gasteiger partial charge in [-0.1, -0.05) is 43.1 Å². The van der Waals surface area contributed by atoms with Crippen LogP contribution in [0.25, 0.3) is 0 Å². The Morgan fingerprint density at radius 1 is 1.19 bits per heavy atom. The molecule has 0 aliphatic carbocycles. The van der Waals surface area contributed by atoms with Crippen LogP contribution in [0.3, 0.4) is 0 Å². The first-order valence-electron chi connectivity index (χ1n) is 9.99. The van der Waals surface area contributed by atoms with Gasteiger partial charge in [-0.25, -0.2) is 14.0 Å². The Bertz CT molecular complexity index is 971. The summed E-state index contributed by atoms with van der Waals surface area (Å²) in [5.74, 6) is -0.440. The van der Waals surface area contributed by atoms with Gasteiger partial charge in [0.25, 0.3) is 0 Å². The normalized spacial score (nSPS) is 15.9. The second-order valence-electron chi connectivity index (χ2n) is 7.08. The average molecular weight is 447 g/mol. The first-order valence-corrected chi connectivity index (χ1v) is 10.4. The molecule has 164 valence electrons. The summed E-state index contributed by atoms with van der Waals surface area (Å²) in [6, 6.07) is 10.3. The van der Waals surface area contributed by atoms with Crippen LogP contribution < -0.4 is 15.4 Å². The number of allylic oxidation sites excluding steroid dienone is 1. The molecule has 6 nitrogen and oxygen atoms in total. The molecule has 0 bridgehead atoms. The molecule has 1 unspecified atom stereocenters. The molecule has 2 aromatic rings. The van der Waals surface area contributed by atoms with E-state index in [2.05, 4.69) is 10.6 Å². The van der Waals surface area contributed by atoms with Crippen LogP contribution in [-0.2, 0) is 16.1 Å². The molecular weight excluding hydrogens is 423 g/mol. The summed E-state index contributed by atoms with van der Waals surface area (Å²) in [6.45, 7) is 2.01. The van der Waals surface area contributed by atoms with Gasteiger partial charge in [0.1, 0.15) is 18.2 Å². The van der Waals surface area contributed by atoms with Crippen molar-refractivity contribution in [1.82, 2.24) is 10.6 Å². The van der Waals surface area contributed by atoms with Crippen molar-refractivity contribution in [2.75, 3.05) is 7.11 Å². The predicted octanol–water partition coefficient (Wildman–Crippen LogP) is 5.03. The number of hydrogen-bond donors (Lipinski definition) is 2. The molecule has 1 aliphatic rings. The van der Waals surface area contributed by atoms with E-state index in [0.717, 1.165) is 12.8 Å². The zero-order chi connectivity index (χ0) is 22.4. The minimum atomic E-state index is -0.650. The highest BCUT2D eigenvalue weighted by atomic mass is 35.5. The number of urea groups is 1. The molecule has 0 aromatic heterocycles. The second kappa shape index (κ2) is 10.3. The van der Waals surface area contributed by atoms with E-state index in [9.17, 15) is 14.0 Å². The summed E-state index contributed by atoms with van der Waals surface area (Å²) < 4.78 is 24.5. The van der Waals surface area contributed by atoms with Crippen LogP contribution in [0.1, 0.15) is 43.4 Å². The highest BCUT2D eigenvalue weighted by molar-refractivity contribution is 6.31. The third kappa shape index (κ3) is 5.35. The molecule has 0 saturated heterocycles. The van der Waals surface area contributed by atoms with Crippen molar-refractivity contribution in [3.8, 4) is 5.75 Å². The minimum absolute atomic E-state index is 0.0244. The molecule has 2 N–H and O–H groups in total.